The molecule has 0 spiro atoms. The number of amides is 1. The molecule has 2 fully saturated rings. The largest absolute Gasteiger partial charge is 0.331 e. The maximum absolute atomic E-state index is 14.1. The zero-order valence-electron chi connectivity index (χ0n) is 13.5. The second kappa shape index (κ2) is 7.10. The number of hydrogen-bond donors (Lipinski definition) is 1. The van der Waals surface area contributed by atoms with Crippen molar-refractivity contribution in [2.24, 2.45) is 11.8 Å². The van der Waals surface area contributed by atoms with E-state index in [1.54, 1.807) is 4.90 Å². The third-order valence-corrected chi connectivity index (χ3v) is 5.13. The molecule has 6 heteroatoms. The van der Waals surface area contributed by atoms with Crippen LogP contribution in [-0.4, -0.2) is 30.4 Å². The summed E-state index contributed by atoms with van der Waals surface area (Å²) in [4.78, 5) is 14.6. The Kier molecular flexibility index (Phi) is 5.06. The molecule has 3 nitrogen and oxygen atoms in total. The number of hydrogen-bond acceptors (Lipinski definition) is 2. The highest BCUT2D eigenvalue weighted by Gasteiger charge is 2.47. The molecule has 1 amide bonds. The molecule has 132 valence electrons. The fourth-order valence-electron chi connectivity index (χ4n) is 4.02. The Labute approximate surface area is 151 Å². The molecule has 4 rings (SSSR count). The molecule has 2 saturated heterocycles. The van der Waals surface area contributed by atoms with Gasteiger partial charge in [-0.05, 0) is 29.7 Å². The summed E-state index contributed by atoms with van der Waals surface area (Å²) in [5, 5.41) is 3.37. The van der Waals surface area contributed by atoms with E-state index in [-0.39, 0.29) is 24.0 Å². The molecular formula is C19H19ClF2N2O. The number of nitrogens with zero attached hydrogens (tertiary/aromatic N) is 1. The van der Waals surface area contributed by atoms with Crippen molar-refractivity contribution in [3.63, 3.8) is 0 Å². The smallest absolute Gasteiger partial charge is 0.257 e. The molecule has 0 unspecified atom stereocenters. The van der Waals surface area contributed by atoms with Gasteiger partial charge in [0.05, 0.1) is 11.6 Å². The van der Waals surface area contributed by atoms with E-state index in [2.05, 4.69) is 5.32 Å². The van der Waals surface area contributed by atoms with E-state index in [9.17, 15) is 13.6 Å². The molecule has 2 aromatic carbocycles. The summed E-state index contributed by atoms with van der Waals surface area (Å²) < 4.78 is 27.6. The topological polar surface area (TPSA) is 32.3 Å². The van der Waals surface area contributed by atoms with E-state index in [0.717, 1.165) is 36.9 Å². The van der Waals surface area contributed by atoms with Crippen LogP contribution in [0.5, 0.6) is 0 Å². The Balaban J connectivity index is 0.00000182. The highest BCUT2D eigenvalue weighted by atomic mass is 35.5. The van der Waals surface area contributed by atoms with Crippen LogP contribution in [0.25, 0.3) is 0 Å². The van der Waals surface area contributed by atoms with E-state index in [0.29, 0.717) is 18.4 Å². The highest BCUT2D eigenvalue weighted by molar-refractivity contribution is 5.95. The summed E-state index contributed by atoms with van der Waals surface area (Å²) in [5.74, 6) is -1.07. The molecule has 0 aromatic heterocycles. The maximum atomic E-state index is 14.1. The van der Waals surface area contributed by atoms with Gasteiger partial charge in [-0.3, -0.25) is 4.79 Å². The number of fused-ring (bicyclic) bond motifs is 1. The monoisotopic (exact) mass is 364 g/mol. The lowest BCUT2D eigenvalue weighted by Crippen LogP contribution is -2.35. The Bertz CT molecular complexity index is 771. The minimum absolute atomic E-state index is 0. The summed E-state index contributed by atoms with van der Waals surface area (Å²) in [6.45, 7) is 2.25. The van der Waals surface area contributed by atoms with Gasteiger partial charge < -0.3 is 10.2 Å². The Morgan fingerprint density at radius 3 is 2.60 bits per heavy atom. The summed E-state index contributed by atoms with van der Waals surface area (Å²) >= 11 is 0. The van der Waals surface area contributed by atoms with Crippen molar-refractivity contribution < 1.29 is 13.6 Å². The van der Waals surface area contributed by atoms with Gasteiger partial charge >= 0.3 is 0 Å². The first-order chi connectivity index (χ1) is 11.6. The predicted molar refractivity (Wildman–Crippen MR) is 93.7 cm³/mol. The van der Waals surface area contributed by atoms with Gasteiger partial charge in [0, 0.05) is 25.6 Å². The van der Waals surface area contributed by atoms with E-state index < -0.39 is 17.5 Å². The number of halogens is 3. The standard InChI is InChI=1S/C19H18F2N2O.ClH/c20-14-6-7-17(21)15(8-14)19(24)23-11-13-9-22-10-16(13)18(23)12-4-2-1-3-5-12;/h1-8,13,16,18,22H,9-11H2;1H/t13-,16-,18-;/m0./s1. The van der Waals surface area contributed by atoms with Crippen molar-refractivity contribution in [2.45, 2.75) is 6.04 Å². The van der Waals surface area contributed by atoms with Crippen LogP contribution in [0.1, 0.15) is 22.0 Å². The number of nitrogens with one attached hydrogen (secondary N) is 1. The molecule has 1 N–H and O–H groups in total. The average molecular weight is 365 g/mol. The van der Waals surface area contributed by atoms with Crippen molar-refractivity contribution >= 4 is 18.3 Å². The summed E-state index contributed by atoms with van der Waals surface area (Å²) in [6, 6.07) is 12.7. The van der Waals surface area contributed by atoms with Gasteiger partial charge in [0.1, 0.15) is 11.6 Å². The zero-order valence-corrected chi connectivity index (χ0v) is 14.3. The Morgan fingerprint density at radius 1 is 1.08 bits per heavy atom. The van der Waals surface area contributed by atoms with Crippen LogP contribution in [0, 0.1) is 23.5 Å². The number of benzene rings is 2. The molecule has 25 heavy (non-hydrogen) atoms. The summed E-state index contributed by atoms with van der Waals surface area (Å²) in [5.41, 5.74) is 0.850. The maximum Gasteiger partial charge on any atom is 0.257 e. The quantitative estimate of drug-likeness (QED) is 0.885. The highest BCUT2D eigenvalue weighted by Crippen LogP contribution is 2.43. The number of carbonyl (C=O) groups excluding carboxylic acids is 1. The van der Waals surface area contributed by atoms with E-state index in [1.165, 1.54) is 0 Å². The van der Waals surface area contributed by atoms with E-state index in [1.807, 2.05) is 30.3 Å². The second-order valence-corrected chi connectivity index (χ2v) is 6.52. The number of carbonyl (C=O) groups is 1. The van der Waals surface area contributed by atoms with Gasteiger partial charge in [0.2, 0.25) is 0 Å². The molecule has 0 saturated carbocycles. The van der Waals surface area contributed by atoms with Crippen molar-refractivity contribution in [2.75, 3.05) is 19.6 Å². The van der Waals surface area contributed by atoms with Crippen LogP contribution in [-0.2, 0) is 0 Å². The molecule has 0 bridgehead atoms. The molecule has 2 aromatic rings. The van der Waals surface area contributed by atoms with Gasteiger partial charge in [-0.25, -0.2) is 8.78 Å². The van der Waals surface area contributed by atoms with Crippen LogP contribution in [0.3, 0.4) is 0 Å². The molecular weight excluding hydrogens is 346 g/mol. The van der Waals surface area contributed by atoms with Crippen LogP contribution < -0.4 is 5.32 Å². The Hall–Kier alpha value is -1.98. The van der Waals surface area contributed by atoms with Crippen LogP contribution in [0.2, 0.25) is 0 Å². The molecule has 2 aliphatic heterocycles. The van der Waals surface area contributed by atoms with Gasteiger partial charge in [-0.2, -0.15) is 0 Å². The van der Waals surface area contributed by atoms with Gasteiger partial charge in [-0.15, -0.1) is 12.4 Å². The fraction of sp³-hybridized carbons (Fsp3) is 0.316. The number of rotatable bonds is 2. The number of likely N-dealkylation sites (tertiary alicyclic amines) is 1. The first-order valence-corrected chi connectivity index (χ1v) is 8.17. The normalized spacial score (nSPS) is 24.7. The Morgan fingerprint density at radius 2 is 1.84 bits per heavy atom. The lowest BCUT2D eigenvalue weighted by Gasteiger charge is -2.28. The van der Waals surface area contributed by atoms with Crippen molar-refractivity contribution in [1.82, 2.24) is 10.2 Å². The minimum Gasteiger partial charge on any atom is -0.331 e. The molecule has 2 aliphatic rings. The first-order valence-electron chi connectivity index (χ1n) is 8.17. The molecule has 0 aliphatic carbocycles. The first kappa shape index (κ1) is 17.8. The lowest BCUT2D eigenvalue weighted by atomic mass is 9.89. The van der Waals surface area contributed by atoms with E-state index in [4.69, 9.17) is 0 Å². The zero-order chi connectivity index (χ0) is 16.7. The van der Waals surface area contributed by atoms with Crippen molar-refractivity contribution in [3.05, 3.63) is 71.3 Å². The summed E-state index contributed by atoms with van der Waals surface area (Å²) in [7, 11) is 0. The van der Waals surface area contributed by atoms with Gasteiger partial charge in [0.15, 0.2) is 0 Å². The SMILES string of the molecule is Cl.O=C(c1cc(F)ccc1F)N1C[C@@H]2CNC[C@@H]2[C@@H]1c1ccccc1. The van der Waals surface area contributed by atoms with Crippen molar-refractivity contribution in [1.29, 1.82) is 0 Å². The molecule has 2 heterocycles. The molecule has 0 radical (unpaired) electrons. The summed E-state index contributed by atoms with van der Waals surface area (Å²) in [6.07, 6.45) is 0. The third kappa shape index (κ3) is 3.14. The van der Waals surface area contributed by atoms with Gasteiger partial charge in [0.25, 0.3) is 5.91 Å². The second-order valence-electron chi connectivity index (χ2n) is 6.52. The minimum atomic E-state index is -0.677. The van der Waals surface area contributed by atoms with Crippen LogP contribution in [0.4, 0.5) is 8.78 Å². The average Bonchev–Trinajstić information content (AvgIpc) is 3.18. The lowest BCUT2D eigenvalue weighted by molar-refractivity contribution is 0.0708. The van der Waals surface area contributed by atoms with Crippen molar-refractivity contribution in [3.8, 4) is 0 Å². The fourth-order valence-corrected chi connectivity index (χ4v) is 4.02. The van der Waals surface area contributed by atoms with E-state index >= 15 is 0 Å². The predicted octanol–water partition coefficient (Wildman–Crippen LogP) is 3.42. The van der Waals surface area contributed by atoms with Gasteiger partial charge in [-0.1, -0.05) is 30.3 Å². The third-order valence-electron chi connectivity index (χ3n) is 5.13. The van der Waals surface area contributed by atoms with Crippen LogP contribution >= 0.6 is 12.4 Å². The van der Waals surface area contributed by atoms with Crippen LogP contribution in [0.15, 0.2) is 48.5 Å². The molecule has 3 atom stereocenters.